The smallest absolute Gasteiger partial charge is 0.310 e. The quantitative estimate of drug-likeness (QED) is 0.933. The van der Waals surface area contributed by atoms with Crippen LogP contribution in [-0.4, -0.2) is 20.5 Å². The van der Waals surface area contributed by atoms with E-state index in [9.17, 15) is 9.90 Å². The van der Waals surface area contributed by atoms with Gasteiger partial charge in [0.05, 0.1) is 11.1 Å². The molecule has 0 aromatic carbocycles. The van der Waals surface area contributed by atoms with E-state index in [1.165, 1.54) is 0 Å². The predicted molar refractivity (Wildman–Crippen MR) is 76.6 cm³/mol. The molecule has 0 spiro atoms. The molecular weight excluding hydrogens is 252 g/mol. The van der Waals surface area contributed by atoms with E-state index in [0.717, 1.165) is 37.0 Å². The van der Waals surface area contributed by atoms with Crippen LogP contribution < -0.4 is 0 Å². The first-order chi connectivity index (χ1) is 9.59. The molecule has 1 aliphatic carbocycles. The Morgan fingerprint density at radius 2 is 2.20 bits per heavy atom. The number of pyridine rings is 1. The Bertz CT molecular complexity index is 591. The summed E-state index contributed by atoms with van der Waals surface area (Å²) >= 11 is 0. The van der Waals surface area contributed by atoms with E-state index in [-0.39, 0.29) is 0 Å². The van der Waals surface area contributed by atoms with Gasteiger partial charge in [0.2, 0.25) is 0 Å². The molecule has 2 heterocycles. The van der Waals surface area contributed by atoms with Gasteiger partial charge in [0.15, 0.2) is 0 Å². The Hall–Kier alpha value is -1.84. The third-order valence-electron chi connectivity index (χ3n) is 4.62. The second-order valence-electron chi connectivity index (χ2n) is 6.14. The highest BCUT2D eigenvalue weighted by atomic mass is 16.4. The fraction of sp³-hybridized carbons (Fsp3) is 0.500. The Kier molecular flexibility index (Phi) is 3.24. The summed E-state index contributed by atoms with van der Waals surface area (Å²) in [6, 6.07) is 5.84. The van der Waals surface area contributed by atoms with Gasteiger partial charge in [-0.3, -0.25) is 4.79 Å². The number of hydrogen-bond acceptors (Lipinski definition) is 2. The molecule has 2 aromatic heterocycles. The highest BCUT2D eigenvalue weighted by Gasteiger charge is 2.41. The molecule has 106 valence electrons. The van der Waals surface area contributed by atoms with Crippen LogP contribution in [0.2, 0.25) is 0 Å². The average Bonchev–Trinajstić information content (AvgIpc) is 2.83. The Morgan fingerprint density at radius 3 is 2.85 bits per heavy atom. The molecule has 1 aliphatic rings. The second-order valence-corrected chi connectivity index (χ2v) is 6.14. The van der Waals surface area contributed by atoms with Gasteiger partial charge in [-0.15, -0.1) is 0 Å². The maximum atomic E-state index is 11.8. The number of fused-ring (bicyclic) bond motifs is 1. The van der Waals surface area contributed by atoms with Crippen LogP contribution in [0.15, 0.2) is 30.6 Å². The molecule has 0 amide bonds. The fourth-order valence-corrected chi connectivity index (χ4v) is 3.20. The molecule has 20 heavy (non-hydrogen) atoms. The van der Waals surface area contributed by atoms with Gasteiger partial charge in [-0.2, -0.15) is 0 Å². The number of carboxylic acids is 1. The van der Waals surface area contributed by atoms with E-state index in [4.69, 9.17) is 0 Å². The van der Waals surface area contributed by atoms with E-state index < -0.39 is 11.4 Å². The minimum absolute atomic E-state index is 0.538. The molecular formula is C16H20N2O2. The molecule has 1 saturated carbocycles. The van der Waals surface area contributed by atoms with Gasteiger partial charge in [0.1, 0.15) is 5.65 Å². The minimum atomic E-state index is -0.665. The molecule has 4 heteroatoms. The zero-order valence-corrected chi connectivity index (χ0v) is 11.7. The summed E-state index contributed by atoms with van der Waals surface area (Å²) in [5.74, 6) is -0.0231. The van der Waals surface area contributed by atoms with Crippen molar-refractivity contribution in [2.24, 2.45) is 11.3 Å². The molecule has 0 radical (unpaired) electrons. The van der Waals surface area contributed by atoms with E-state index in [1.54, 1.807) is 0 Å². The maximum absolute atomic E-state index is 11.8. The second kappa shape index (κ2) is 4.93. The third-order valence-corrected chi connectivity index (χ3v) is 4.62. The van der Waals surface area contributed by atoms with Crippen LogP contribution in [0.4, 0.5) is 0 Å². The normalized spacial score (nSPS) is 26.8. The van der Waals surface area contributed by atoms with Crippen molar-refractivity contribution in [2.45, 2.75) is 39.0 Å². The molecule has 0 atom stereocenters. The predicted octanol–water partition coefficient (Wildman–Crippen LogP) is 3.16. The number of nitrogens with zero attached hydrogens (tertiary/aromatic N) is 2. The summed E-state index contributed by atoms with van der Waals surface area (Å²) in [7, 11) is 0. The number of carboxylic acid groups (broad SMARTS) is 1. The van der Waals surface area contributed by atoms with Crippen LogP contribution in [0.1, 0.15) is 38.3 Å². The SMILES string of the molecule is CC1CCC(Cc2cn3ccccc3n2)(C(=O)O)CC1. The summed E-state index contributed by atoms with van der Waals surface area (Å²) in [4.78, 5) is 16.3. The Labute approximate surface area is 118 Å². The van der Waals surface area contributed by atoms with Gasteiger partial charge in [-0.25, -0.2) is 4.98 Å². The first-order valence-corrected chi connectivity index (χ1v) is 7.25. The number of carbonyl (C=O) groups is 1. The zero-order valence-electron chi connectivity index (χ0n) is 11.7. The van der Waals surface area contributed by atoms with Crippen molar-refractivity contribution in [1.29, 1.82) is 0 Å². The summed E-state index contributed by atoms with van der Waals surface area (Å²) < 4.78 is 1.95. The van der Waals surface area contributed by atoms with Crippen molar-refractivity contribution in [1.82, 2.24) is 9.38 Å². The number of imidazole rings is 1. The van der Waals surface area contributed by atoms with Crippen LogP contribution in [-0.2, 0) is 11.2 Å². The van der Waals surface area contributed by atoms with Crippen molar-refractivity contribution in [3.05, 3.63) is 36.3 Å². The van der Waals surface area contributed by atoms with Gasteiger partial charge in [0, 0.05) is 18.8 Å². The van der Waals surface area contributed by atoms with Crippen LogP contribution in [0.5, 0.6) is 0 Å². The molecule has 0 aliphatic heterocycles. The highest BCUT2D eigenvalue weighted by Crippen LogP contribution is 2.41. The van der Waals surface area contributed by atoms with Gasteiger partial charge >= 0.3 is 5.97 Å². The standard InChI is InChI=1S/C16H20N2O2/c1-12-5-7-16(8-6-12,15(19)20)10-13-11-18-9-3-2-4-14(18)17-13/h2-4,9,11-12H,5-8,10H2,1H3,(H,19,20). The lowest BCUT2D eigenvalue weighted by molar-refractivity contribution is -0.151. The lowest BCUT2D eigenvalue weighted by atomic mass is 9.68. The number of rotatable bonds is 3. The minimum Gasteiger partial charge on any atom is -0.481 e. The van der Waals surface area contributed by atoms with E-state index in [1.807, 2.05) is 35.0 Å². The summed E-state index contributed by atoms with van der Waals surface area (Å²) in [6.07, 6.45) is 7.96. The lowest BCUT2D eigenvalue weighted by Crippen LogP contribution is -2.37. The number of hydrogen-bond donors (Lipinski definition) is 1. The molecule has 0 unspecified atom stereocenters. The summed E-state index contributed by atoms with van der Waals surface area (Å²) in [5, 5.41) is 9.68. The monoisotopic (exact) mass is 272 g/mol. The highest BCUT2D eigenvalue weighted by molar-refractivity contribution is 5.75. The first-order valence-electron chi connectivity index (χ1n) is 7.25. The molecule has 1 fully saturated rings. The molecule has 3 rings (SSSR count). The van der Waals surface area contributed by atoms with Gasteiger partial charge in [0.25, 0.3) is 0 Å². The maximum Gasteiger partial charge on any atom is 0.310 e. The average molecular weight is 272 g/mol. The zero-order chi connectivity index (χ0) is 14.2. The summed E-state index contributed by atoms with van der Waals surface area (Å²) in [6.45, 7) is 2.21. The molecule has 1 N–H and O–H groups in total. The Morgan fingerprint density at radius 1 is 1.45 bits per heavy atom. The molecule has 4 nitrogen and oxygen atoms in total. The van der Waals surface area contributed by atoms with E-state index in [0.29, 0.717) is 12.3 Å². The van der Waals surface area contributed by atoms with Crippen molar-refractivity contribution in [2.75, 3.05) is 0 Å². The van der Waals surface area contributed by atoms with Crippen molar-refractivity contribution in [3.63, 3.8) is 0 Å². The van der Waals surface area contributed by atoms with Crippen LogP contribution in [0, 0.1) is 11.3 Å². The fourth-order valence-electron chi connectivity index (χ4n) is 3.20. The first kappa shape index (κ1) is 13.2. The van der Waals surface area contributed by atoms with Crippen LogP contribution in [0.25, 0.3) is 5.65 Å². The number of aromatic nitrogens is 2. The van der Waals surface area contributed by atoms with Crippen LogP contribution >= 0.6 is 0 Å². The van der Waals surface area contributed by atoms with Gasteiger partial charge < -0.3 is 9.51 Å². The molecule has 0 saturated heterocycles. The summed E-state index contributed by atoms with van der Waals surface area (Å²) in [5.41, 5.74) is 1.14. The topological polar surface area (TPSA) is 54.6 Å². The van der Waals surface area contributed by atoms with Crippen molar-refractivity contribution >= 4 is 11.6 Å². The molecule has 2 aromatic rings. The Balaban J connectivity index is 1.88. The largest absolute Gasteiger partial charge is 0.481 e. The molecule has 0 bridgehead atoms. The van der Waals surface area contributed by atoms with E-state index >= 15 is 0 Å². The lowest BCUT2D eigenvalue weighted by Gasteiger charge is -2.35. The third kappa shape index (κ3) is 2.30. The van der Waals surface area contributed by atoms with Crippen molar-refractivity contribution < 1.29 is 9.90 Å². The number of aliphatic carboxylic acids is 1. The van der Waals surface area contributed by atoms with Gasteiger partial charge in [-0.1, -0.05) is 13.0 Å². The van der Waals surface area contributed by atoms with Crippen molar-refractivity contribution in [3.8, 4) is 0 Å². The van der Waals surface area contributed by atoms with E-state index in [2.05, 4.69) is 11.9 Å². The van der Waals surface area contributed by atoms with Gasteiger partial charge in [-0.05, 0) is 43.7 Å². The van der Waals surface area contributed by atoms with Crippen LogP contribution in [0.3, 0.4) is 0 Å².